The molecule has 0 atom stereocenters. The van der Waals surface area contributed by atoms with E-state index in [2.05, 4.69) is 4.90 Å². The van der Waals surface area contributed by atoms with Crippen molar-refractivity contribution in [3.05, 3.63) is 23.4 Å². The van der Waals surface area contributed by atoms with Crippen molar-refractivity contribution in [1.29, 1.82) is 0 Å². The molecule has 0 spiro atoms. The summed E-state index contributed by atoms with van der Waals surface area (Å²) in [6.07, 6.45) is 5.64. The molecule has 2 rings (SSSR count). The van der Waals surface area contributed by atoms with Gasteiger partial charge in [-0.25, -0.2) is 0 Å². The highest BCUT2D eigenvalue weighted by Gasteiger charge is 2.29. The van der Waals surface area contributed by atoms with E-state index in [1.807, 2.05) is 32.5 Å². The number of ether oxygens (including phenoxy) is 1. The topological polar surface area (TPSA) is 32.6 Å². The van der Waals surface area contributed by atoms with Crippen LogP contribution < -0.4 is 24.0 Å². The van der Waals surface area contributed by atoms with Gasteiger partial charge in [0.2, 0.25) is 0 Å². The highest BCUT2D eigenvalue weighted by atomic mass is 127. The van der Waals surface area contributed by atoms with Gasteiger partial charge in [-0.05, 0) is 19.2 Å². The lowest BCUT2D eigenvalue weighted by Crippen LogP contribution is -3.00. The van der Waals surface area contributed by atoms with Crippen molar-refractivity contribution in [2.45, 2.75) is 6.92 Å². The van der Waals surface area contributed by atoms with Crippen molar-refractivity contribution < 1.29 is 38.1 Å². The molecule has 0 saturated heterocycles. The van der Waals surface area contributed by atoms with Crippen LogP contribution in [0.1, 0.15) is 6.92 Å². The molecule has 4 nitrogen and oxygen atoms in total. The summed E-state index contributed by atoms with van der Waals surface area (Å²) in [5, 5.41) is 0. The Labute approximate surface area is 112 Å². The molecule has 0 saturated carbocycles. The molecule has 0 aromatic carbocycles. The standard InChI is InChI=1S/C11H15N2O2.HI/c1-3-15-11(14)13-7-9-4-5-12(2)6-10(9)8-13;/h4-5,7H,3,6,8H2,1-2H3;1H/q+1;/p-1. The number of amides is 1. The van der Waals surface area contributed by atoms with E-state index < -0.39 is 0 Å². The third-order valence-corrected chi connectivity index (χ3v) is 2.52. The summed E-state index contributed by atoms with van der Waals surface area (Å²) in [6.45, 7) is 3.78. The lowest BCUT2D eigenvalue weighted by molar-refractivity contribution is -0.429. The van der Waals surface area contributed by atoms with E-state index >= 15 is 0 Å². The maximum atomic E-state index is 11.5. The fourth-order valence-electron chi connectivity index (χ4n) is 1.79. The molecular weight excluding hydrogens is 319 g/mol. The SMILES string of the molecule is CCOC(=O)[N+]1=CC2=C(CN(C)C=C2)C1.[I-]. The summed E-state index contributed by atoms with van der Waals surface area (Å²) in [5.41, 5.74) is 2.41. The van der Waals surface area contributed by atoms with Crippen LogP contribution in [-0.2, 0) is 4.74 Å². The molecule has 5 heteroatoms. The summed E-state index contributed by atoms with van der Waals surface area (Å²) in [4.78, 5) is 13.6. The van der Waals surface area contributed by atoms with Gasteiger partial charge in [-0.1, -0.05) is 0 Å². The molecule has 88 valence electrons. The monoisotopic (exact) mass is 334 g/mol. The first-order chi connectivity index (χ1) is 7.20. The van der Waals surface area contributed by atoms with Gasteiger partial charge in [0.25, 0.3) is 0 Å². The molecule has 0 aromatic heterocycles. The van der Waals surface area contributed by atoms with Crippen LogP contribution in [0.4, 0.5) is 4.79 Å². The van der Waals surface area contributed by atoms with E-state index in [0.717, 1.165) is 12.1 Å². The molecule has 0 aromatic rings. The maximum absolute atomic E-state index is 11.5. The molecule has 16 heavy (non-hydrogen) atoms. The largest absolute Gasteiger partial charge is 1.00 e. The van der Waals surface area contributed by atoms with E-state index in [4.69, 9.17) is 4.74 Å². The third-order valence-electron chi connectivity index (χ3n) is 2.52. The van der Waals surface area contributed by atoms with Crippen molar-refractivity contribution in [2.75, 3.05) is 26.7 Å². The molecule has 0 bridgehead atoms. The van der Waals surface area contributed by atoms with Crippen LogP contribution in [-0.4, -0.2) is 48.5 Å². The molecule has 0 aliphatic carbocycles. The second-order valence-electron chi connectivity index (χ2n) is 3.75. The first-order valence-corrected chi connectivity index (χ1v) is 5.09. The second-order valence-corrected chi connectivity index (χ2v) is 3.75. The number of halogens is 1. The third kappa shape index (κ3) is 2.63. The fourth-order valence-corrected chi connectivity index (χ4v) is 1.79. The Morgan fingerprint density at radius 3 is 3.06 bits per heavy atom. The number of rotatable bonds is 1. The van der Waals surface area contributed by atoms with Crippen molar-refractivity contribution in [2.24, 2.45) is 0 Å². The van der Waals surface area contributed by atoms with Gasteiger partial charge in [0.05, 0.1) is 6.61 Å². The maximum Gasteiger partial charge on any atom is 0.596 e. The molecule has 0 fully saturated rings. The van der Waals surface area contributed by atoms with E-state index in [1.54, 1.807) is 4.58 Å². The number of carbonyl (C=O) groups excluding carboxylic acids is 1. The average Bonchev–Trinajstić information content (AvgIpc) is 2.60. The first kappa shape index (κ1) is 13.2. The number of hydrogen-bond acceptors (Lipinski definition) is 3. The summed E-state index contributed by atoms with van der Waals surface area (Å²) in [7, 11) is 2.02. The zero-order valence-corrected chi connectivity index (χ0v) is 11.6. The number of nitrogens with zero attached hydrogens (tertiary/aromatic N) is 2. The summed E-state index contributed by atoms with van der Waals surface area (Å²) >= 11 is 0. The highest BCUT2D eigenvalue weighted by molar-refractivity contribution is 5.85. The van der Waals surface area contributed by atoms with Gasteiger partial charge >= 0.3 is 6.09 Å². The number of allylic oxidation sites excluding steroid dienone is 2. The molecule has 2 aliphatic heterocycles. The molecule has 1 amide bonds. The van der Waals surface area contributed by atoms with Crippen molar-refractivity contribution in [1.82, 2.24) is 4.90 Å². The molecule has 0 N–H and O–H groups in total. The number of likely N-dealkylation sites (N-methyl/N-ethyl adjacent to an activating group) is 1. The molecule has 2 heterocycles. The molecular formula is C11H15IN2O2. The summed E-state index contributed by atoms with van der Waals surface area (Å²) < 4.78 is 6.57. The van der Waals surface area contributed by atoms with Crippen LogP contribution >= 0.6 is 0 Å². The predicted molar refractivity (Wildman–Crippen MR) is 57.0 cm³/mol. The Hall–Kier alpha value is -0.850. The van der Waals surface area contributed by atoms with Crippen molar-refractivity contribution in [3.8, 4) is 0 Å². The lowest BCUT2D eigenvalue weighted by Gasteiger charge is -2.17. The van der Waals surface area contributed by atoms with Gasteiger partial charge < -0.3 is 33.6 Å². The number of carbonyl (C=O) groups is 1. The fraction of sp³-hybridized carbons (Fsp3) is 0.455. The van der Waals surface area contributed by atoms with E-state index in [1.165, 1.54) is 5.57 Å². The first-order valence-electron chi connectivity index (χ1n) is 5.09. The van der Waals surface area contributed by atoms with Gasteiger partial charge in [-0.3, -0.25) is 0 Å². The van der Waals surface area contributed by atoms with Crippen LogP contribution in [0.2, 0.25) is 0 Å². The molecule has 0 unspecified atom stereocenters. The van der Waals surface area contributed by atoms with Gasteiger partial charge in [-0.15, -0.1) is 4.58 Å². The minimum Gasteiger partial charge on any atom is -1.00 e. The highest BCUT2D eigenvalue weighted by Crippen LogP contribution is 2.17. The van der Waals surface area contributed by atoms with Gasteiger partial charge in [0.1, 0.15) is 0 Å². The van der Waals surface area contributed by atoms with Crippen LogP contribution in [0.3, 0.4) is 0 Å². The minimum atomic E-state index is -0.261. The Morgan fingerprint density at radius 1 is 1.62 bits per heavy atom. The normalized spacial score (nSPS) is 17.9. The molecule has 2 aliphatic rings. The van der Waals surface area contributed by atoms with Gasteiger partial charge in [0.15, 0.2) is 12.8 Å². The van der Waals surface area contributed by atoms with Crippen LogP contribution in [0, 0.1) is 0 Å². The lowest BCUT2D eigenvalue weighted by atomic mass is 10.1. The van der Waals surface area contributed by atoms with Crippen LogP contribution in [0.25, 0.3) is 0 Å². The smallest absolute Gasteiger partial charge is 0.596 e. The van der Waals surface area contributed by atoms with Gasteiger partial charge in [-0.2, -0.15) is 4.79 Å². The predicted octanol–water partition coefficient (Wildman–Crippen LogP) is -2.00. The van der Waals surface area contributed by atoms with Crippen LogP contribution in [0.5, 0.6) is 0 Å². The Morgan fingerprint density at radius 2 is 2.38 bits per heavy atom. The minimum absolute atomic E-state index is 0. The van der Waals surface area contributed by atoms with Crippen LogP contribution in [0.15, 0.2) is 23.4 Å². The summed E-state index contributed by atoms with van der Waals surface area (Å²) in [6, 6.07) is 0. The summed E-state index contributed by atoms with van der Waals surface area (Å²) in [5.74, 6) is 0. The zero-order valence-electron chi connectivity index (χ0n) is 9.44. The quantitative estimate of drug-likeness (QED) is 0.411. The second kappa shape index (κ2) is 5.47. The van der Waals surface area contributed by atoms with Gasteiger partial charge in [0, 0.05) is 24.7 Å². The zero-order chi connectivity index (χ0) is 10.8. The Bertz CT molecular complexity index is 385. The van der Waals surface area contributed by atoms with E-state index in [9.17, 15) is 4.79 Å². The average molecular weight is 334 g/mol. The van der Waals surface area contributed by atoms with Crippen molar-refractivity contribution >= 4 is 12.3 Å². The van der Waals surface area contributed by atoms with E-state index in [-0.39, 0.29) is 30.1 Å². The molecule has 0 radical (unpaired) electrons. The number of hydrogen-bond donors (Lipinski definition) is 0. The van der Waals surface area contributed by atoms with E-state index in [0.29, 0.717) is 13.2 Å². The van der Waals surface area contributed by atoms with Crippen molar-refractivity contribution in [3.63, 3.8) is 0 Å². The Kier molecular flexibility index (Phi) is 4.52. The Balaban J connectivity index is 0.00000128.